The van der Waals surface area contributed by atoms with Gasteiger partial charge in [-0.2, -0.15) is 11.8 Å². The summed E-state index contributed by atoms with van der Waals surface area (Å²) in [5.74, 6) is 0.933. The number of hydrogen-bond donors (Lipinski definition) is 1. The van der Waals surface area contributed by atoms with Crippen LogP contribution in [-0.4, -0.2) is 51.6 Å². The van der Waals surface area contributed by atoms with Crippen LogP contribution in [0, 0.1) is 0 Å². The van der Waals surface area contributed by atoms with E-state index >= 15 is 0 Å². The lowest BCUT2D eigenvalue weighted by Gasteiger charge is -2.15. The Labute approximate surface area is 118 Å². The number of aromatic nitrogens is 2. The van der Waals surface area contributed by atoms with Crippen LogP contribution in [0.4, 0.5) is 4.79 Å². The van der Waals surface area contributed by atoms with Crippen molar-refractivity contribution in [2.45, 2.75) is 23.1 Å². The molecular formula is C10H14N4O3S2. The number of imide groups is 1. The van der Waals surface area contributed by atoms with Crippen LogP contribution in [0.1, 0.15) is 12.8 Å². The number of amides is 3. The highest BCUT2D eigenvalue weighted by atomic mass is 32.2. The van der Waals surface area contributed by atoms with E-state index in [2.05, 4.69) is 15.5 Å². The third-order valence-electron chi connectivity index (χ3n) is 2.46. The summed E-state index contributed by atoms with van der Waals surface area (Å²) in [4.78, 5) is 24.6. The van der Waals surface area contributed by atoms with Crippen molar-refractivity contribution in [3.8, 4) is 0 Å². The summed E-state index contributed by atoms with van der Waals surface area (Å²) in [6.07, 6.45) is 1.94. The fourth-order valence-corrected chi connectivity index (χ4v) is 2.70. The minimum absolute atomic E-state index is 0.246. The molecular weight excluding hydrogens is 288 g/mol. The van der Waals surface area contributed by atoms with Crippen molar-refractivity contribution in [3.05, 3.63) is 5.89 Å². The molecule has 0 aromatic carbocycles. The van der Waals surface area contributed by atoms with Crippen LogP contribution >= 0.6 is 23.5 Å². The Morgan fingerprint density at radius 1 is 1.58 bits per heavy atom. The SMILES string of the molecule is CSCc1nnc(S[C@@H](C)C(=O)N2CCNC2=O)o1. The molecule has 0 spiro atoms. The first-order chi connectivity index (χ1) is 9.11. The van der Waals surface area contributed by atoms with Crippen molar-refractivity contribution in [1.29, 1.82) is 0 Å². The zero-order valence-electron chi connectivity index (χ0n) is 10.6. The Balaban J connectivity index is 1.94. The molecule has 1 atom stereocenters. The Bertz CT molecular complexity index is 479. The van der Waals surface area contributed by atoms with Gasteiger partial charge in [0.2, 0.25) is 11.8 Å². The summed E-state index contributed by atoms with van der Waals surface area (Å²) < 4.78 is 5.38. The molecule has 0 bridgehead atoms. The topological polar surface area (TPSA) is 88.3 Å². The van der Waals surface area contributed by atoms with E-state index in [1.807, 2.05) is 6.26 Å². The predicted molar refractivity (Wildman–Crippen MR) is 71.9 cm³/mol. The van der Waals surface area contributed by atoms with Gasteiger partial charge in [-0.05, 0) is 13.2 Å². The molecule has 1 aliphatic rings. The average molecular weight is 302 g/mol. The summed E-state index contributed by atoms with van der Waals surface area (Å²) >= 11 is 2.75. The molecule has 104 valence electrons. The maximum atomic E-state index is 12.0. The minimum atomic E-state index is -0.438. The molecule has 1 fully saturated rings. The Kier molecular flexibility index (Phi) is 4.70. The molecule has 1 aromatic rings. The number of hydrogen-bond acceptors (Lipinski definition) is 7. The van der Waals surface area contributed by atoms with Gasteiger partial charge >= 0.3 is 6.03 Å². The van der Waals surface area contributed by atoms with Crippen molar-refractivity contribution < 1.29 is 14.0 Å². The summed E-state index contributed by atoms with van der Waals surface area (Å²) in [6, 6.07) is -0.342. The van der Waals surface area contributed by atoms with E-state index < -0.39 is 5.25 Å². The monoisotopic (exact) mass is 302 g/mol. The molecule has 0 aliphatic carbocycles. The van der Waals surface area contributed by atoms with Crippen LogP contribution in [0.5, 0.6) is 0 Å². The second kappa shape index (κ2) is 6.29. The van der Waals surface area contributed by atoms with Gasteiger partial charge in [-0.1, -0.05) is 11.8 Å². The second-order valence-corrected chi connectivity index (χ2v) is 6.03. The Morgan fingerprint density at radius 3 is 3.00 bits per heavy atom. The number of thioether (sulfide) groups is 2. The van der Waals surface area contributed by atoms with Gasteiger partial charge in [0.05, 0.1) is 11.0 Å². The third-order valence-corrected chi connectivity index (χ3v) is 3.92. The smallest absolute Gasteiger partial charge is 0.324 e. The van der Waals surface area contributed by atoms with E-state index in [-0.39, 0.29) is 11.9 Å². The molecule has 2 heterocycles. The zero-order chi connectivity index (χ0) is 13.8. The normalized spacial score (nSPS) is 16.5. The quantitative estimate of drug-likeness (QED) is 0.810. The molecule has 1 aliphatic heterocycles. The molecule has 7 nitrogen and oxygen atoms in total. The van der Waals surface area contributed by atoms with Gasteiger partial charge in [-0.25, -0.2) is 4.79 Å². The van der Waals surface area contributed by atoms with E-state index in [1.165, 1.54) is 16.7 Å². The fourth-order valence-electron chi connectivity index (χ4n) is 1.57. The van der Waals surface area contributed by atoms with Crippen LogP contribution in [0.15, 0.2) is 9.64 Å². The van der Waals surface area contributed by atoms with Crippen LogP contribution in [0.25, 0.3) is 0 Å². The minimum Gasteiger partial charge on any atom is -0.415 e. The summed E-state index contributed by atoms with van der Waals surface area (Å²) in [5, 5.41) is 10.2. The lowest BCUT2D eigenvalue weighted by atomic mass is 10.4. The molecule has 1 aromatic heterocycles. The summed E-state index contributed by atoms with van der Waals surface area (Å²) in [6.45, 7) is 2.63. The lowest BCUT2D eigenvalue weighted by molar-refractivity contribution is -0.126. The molecule has 0 radical (unpaired) electrons. The van der Waals surface area contributed by atoms with E-state index in [1.54, 1.807) is 18.7 Å². The maximum Gasteiger partial charge on any atom is 0.324 e. The first kappa shape index (κ1) is 14.2. The highest BCUT2D eigenvalue weighted by molar-refractivity contribution is 8.00. The van der Waals surface area contributed by atoms with Crippen molar-refractivity contribution in [2.24, 2.45) is 0 Å². The molecule has 2 rings (SSSR count). The average Bonchev–Trinajstić information content (AvgIpc) is 2.98. The van der Waals surface area contributed by atoms with E-state index in [0.29, 0.717) is 30.0 Å². The van der Waals surface area contributed by atoms with Gasteiger partial charge in [0.1, 0.15) is 0 Å². The number of urea groups is 1. The third kappa shape index (κ3) is 3.41. The number of carbonyl (C=O) groups is 2. The number of nitrogens with zero attached hydrogens (tertiary/aromatic N) is 3. The molecule has 1 N–H and O–H groups in total. The summed E-state index contributed by atoms with van der Waals surface area (Å²) in [5.41, 5.74) is 0. The molecule has 1 saturated heterocycles. The predicted octanol–water partition coefficient (Wildman–Crippen LogP) is 0.965. The molecule has 19 heavy (non-hydrogen) atoms. The van der Waals surface area contributed by atoms with E-state index in [9.17, 15) is 9.59 Å². The van der Waals surface area contributed by atoms with Crippen molar-refractivity contribution in [1.82, 2.24) is 20.4 Å². The number of rotatable bonds is 5. The first-order valence-electron chi connectivity index (χ1n) is 5.69. The molecule has 0 saturated carbocycles. The second-order valence-electron chi connectivity index (χ2n) is 3.88. The Hall–Kier alpha value is -1.22. The largest absolute Gasteiger partial charge is 0.415 e. The van der Waals surface area contributed by atoms with Crippen molar-refractivity contribution in [3.63, 3.8) is 0 Å². The van der Waals surface area contributed by atoms with Gasteiger partial charge in [0, 0.05) is 13.1 Å². The van der Waals surface area contributed by atoms with Crippen LogP contribution < -0.4 is 5.32 Å². The van der Waals surface area contributed by atoms with Crippen molar-refractivity contribution >= 4 is 35.5 Å². The number of nitrogens with one attached hydrogen (secondary N) is 1. The Morgan fingerprint density at radius 2 is 2.37 bits per heavy atom. The molecule has 9 heteroatoms. The van der Waals surface area contributed by atoms with Gasteiger partial charge in [0.15, 0.2) is 0 Å². The van der Waals surface area contributed by atoms with Gasteiger partial charge in [-0.3, -0.25) is 9.69 Å². The maximum absolute atomic E-state index is 12.0. The number of carbonyl (C=O) groups excluding carboxylic acids is 2. The summed E-state index contributed by atoms with van der Waals surface area (Å²) in [7, 11) is 0. The van der Waals surface area contributed by atoms with Crippen LogP contribution in [0.2, 0.25) is 0 Å². The van der Waals surface area contributed by atoms with Gasteiger partial charge in [0.25, 0.3) is 5.22 Å². The molecule has 3 amide bonds. The van der Waals surface area contributed by atoms with Gasteiger partial charge < -0.3 is 9.73 Å². The van der Waals surface area contributed by atoms with Crippen molar-refractivity contribution in [2.75, 3.05) is 19.3 Å². The van der Waals surface area contributed by atoms with Crippen LogP contribution in [-0.2, 0) is 10.5 Å². The first-order valence-corrected chi connectivity index (χ1v) is 7.96. The lowest BCUT2D eigenvalue weighted by Crippen LogP contribution is -2.38. The van der Waals surface area contributed by atoms with E-state index in [4.69, 9.17) is 4.42 Å². The fraction of sp³-hybridized carbons (Fsp3) is 0.600. The zero-order valence-corrected chi connectivity index (χ0v) is 12.2. The highest BCUT2D eigenvalue weighted by Gasteiger charge is 2.31. The standard InChI is InChI=1S/C10H14N4O3S2/c1-6(8(15)14-4-3-11-9(14)16)19-10-13-12-7(17-10)5-18-2/h6H,3-5H2,1-2H3,(H,11,16)/t6-/m0/s1. The van der Waals surface area contributed by atoms with Gasteiger partial charge in [-0.15, -0.1) is 10.2 Å². The van der Waals surface area contributed by atoms with Crippen LogP contribution in [0.3, 0.4) is 0 Å². The van der Waals surface area contributed by atoms with E-state index in [0.717, 1.165) is 0 Å². The highest BCUT2D eigenvalue weighted by Crippen LogP contribution is 2.24. The molecule has 0 unspecified atom stereocenters.